The monoisotopic (exact) mass is 288 g/mol. The standard InChI is InChI=1S/C16H20N2O3/c1-5-18(4)14-8-6-13(7-9-14)16(19)20-10-15-17-11(2)12(3)21-15/h6-9H,5,10H2,1-4H3. The topological polar surface area (TPSA) is 55.6 Å². The fourth-order valence-electron chi connectivity index (χ4n) is 1.85. The lowest BCUT2D eigenvalue weighted by atomic mass is 10.2. The van der Waals surface area contributed by atoms with E-state index in [1.807, 2.05) is 33.0 Å². The van der Waals surface area contributed by atoms with Gasteiger partial charge in [0.05, 0.1) is 11.3 Å². The number of aryl methyl sites for hydroxylation is 2. The van der Waals surface area contributed by atoms with Crippen LogP contribution in [0.25, 0.3) is 0 Å². The fraction of sp³-hybridized carbons (Fsp3) is 0.375. The first-order valence-corrected chi connectivity index (χ1v) is 6.92. The average Bonchev–Trinajstić information content (AvgIpc) is 2.82. The first-order chi connectivity index (χ1) is 10.0. The number of aromatic nitrogens is 1. The maximum atomic E-state index is 12.0. The zero-order valence-corrected chi connectivity index (χ0v) is 12.8. The van der Waals surface area contributed by atoms with Crippen LogP contribution in [0, 0.1) is 13.8 Å². The van der Waals surface area contributed by atoms with E-state index in [1.54, 1.807) is 12.1 Å². The Morgan fingerprint density at radius 2 is 1.95 bits per heavy atom. The van der Waals surface area contributed by atoms with E-state index in [1.165, 1.54) is 0 Å². The molecule has 0 unspecified atom stereocenters. The fourth-order valence-corrected chi connectivity index (χ4v) is 1.85. The lowest BCUT2D eigenvalue weighted by molar-refractivity contribution is 0.0437. The van der Waals surface area contributed by atoms with Crippen LogP contribution in [0.5, 0.6) is 0 Å². The van der Waals surface area contributed by atoms with E-state index in [0.29, 0.717) is 11.5 Å². The van der Waals surface area contributed by atoms with E-state index in [4.69, 9.17) is 9.15 Å². The van der Waals surface area contributed by atoms with Crippen LogP contribution in [0.4, 0.5) is 5.69 Å². The molecule has 0 spiro atoms. The van der Waals surface area contributed by atoms with E-state index in [-0.39, 0.29) is 12.6 Å². The molecule has 0 radical (unpaired) electrons. The molecule has 112 valence electrons. The Morgan fingerprint density at radius 3 is 2.48 bits per heavy atom. The number of hydrogen-bond acceptors (Lipinski definition) is 5. The SMILES string of the molecule is CCN(C)c1ccc(C(=O)OCc2nc(C)c(C)o2)cc1. The summed E-state index contributed by atoms with van der Waals surface area (Å²) < 4.78 is 10.6. The van der Waals surface area contributed by atoms with Gasteiger partial charge in [0.15, 0.2) is 6.61 Å². The molecule has 1 aromatic carbocycles. The largest absolute Gasteiger partial charge is 0.452 e. The molecule has 5 nitrogen and oxygen atoms in total. The Kier molecular flexibility index (Phi) is 4.62. The Bertz CT molecular complexity index is 597. The van der Waals surface area contributed by atoms with Gasteiger partial charge in [-0.3, -0.25) is 0 Å². The molecule has 0 aliphatic rings. The van der Waals surface area contributed by atoms with Gasteiger partial charge < -0.3 is 14.1 Å². The predicted molar refractivity (Wildman–Crippen MR) is 80.5 cm³/mol. The van der Waals surface area contributed by atoms with Crippen LogP contribution in [-0.2, 0) is 11.3 Å². The number of ether oxygens (including phenoxy) is 1. The third kappa shape index (κ3) is 3.62. The van der Waals surface area contributed by atoms with Crippen LogP contribution in [-0.4, -0.2) is 24.5 Å². The quantitative estimate of drug-likeness (QED) is 0.791. The van der Waals surface area contributed by atoms with Crippen molar-refractivity contribution in [2.24, 2.45) is 0 Å². The first kappa shape index (κ1) is 15.1. The minimum atomic E-state index is -0.380. The Balaban J connectivity index is 1.97. The molecule has 0 saturated heterocycles. The Morgan fingerprint density at radius 1 is 1.29 bits per heavy atom. The van der Waals surface area contributed by atoms with Crippen molar-refractivity contribution in [3.8, 4) is 0 Å². The van der Waals surface area contributed by atoms with E-state index >= 15 is 0 Å². The summed E-state index contributed by atoms with van der Waals surface area (Å²) in [7, 11) is 2.00. The van der Waals surface area contributed by atoms with Crippen LogP contribution in [0.3, 0.4) is 0 Å². The van der Waals surface area contributed by atoms with Crippen molar-refractivity contribution in [3.05, 3.63) is 47.2 Å². The van der Waals surface area contributed by atoms with E-state index in [9.17, 15) is 4.79 Å². The summed E-state index contributed by atoms with van der Waals surface area (Å²) in [5.41, 5.74) is 2.39. The van der Waals surface area contributed by atoms with Gasteiger partial charge in [0.2, 0.25) is 5.89 Å². The lowest BCUT2D eigenvalue weighted by Crippen LogP contribution is -2.15. The van der Waals surface area contributed by atoms with E-state index in [0.717, 1.165) is 23.7 Å². The summed E-state index contributed by atoms with van der Waals surface area (Å²) in [4.78, 5) is 18.2. The van der Waals surface area contributed by atoms with Crippen LogP contribution in [0.2, 0.25) is 0 Å². The molecule has 0 aliphatic carbocycles. The number of anilines is 1. The maximum absolute atomic E-state index is 12.0. The summed E-state index contributed by atoms with van der Waals surface area (Å²) in [6, 6.07) is 7.32. The molecule has 5 heteroatoms. The second kappa shape index (κ2) is 6.43. The molecule has 21 heavy (non-hydrogen) atoms. The van der Waals surface area contributed by atoms with Crippen molar-refractivity contribution in [2.75, 3.05) is 18.5 Å². The highest BCUT2D eigenvalue weighted by Gasteiger charge is 2.11. The summed E-state index contributed by atoms with van der Waals surface area (Å²) in [5.74, 6) is 0.780. The summed E-state index contributed by atoms with van der Waals surface area (Å²) >= 11 is 0. The number of rotatable bonds is 5. The third-order valence-corrected chi connectivity index (χ3v) is 3.42. The summed E-state index contributed by atoms with van der Waals surface area (Å²) in [6.45, 7) is 6.71. The molecular weight excluding hydrogens is 268 g/mol. The second-order valence-corrected chi connectivity index (χ2v) is 4.89. The molecule has 2 rings (SSSR count). The minimum Gasteiger partial charge on any atom is -0.452 e. The Labute approximate surface area is 124 Å². The number of oxazole rings is 1. The van der Waals surface area contributed by atoms with Gasteiger partial charge in [0, 0.05) is 19.3 Å². The maximum Gasteiger partial charge on any atom is 0.338 e. The van der Waals surface area contributed by atoms with Crippen LogP contribution >= 0.6 is 0 Å². The zero-order chi connectivity index (χ0) is 15.4. The van der Waals surface area contributed by atoms with Gasteiger partial charge >= 0.3 is 5.97 Å². The average molecular weight is 288 g/mol. The number of esters is 1. The van der Waals surface area contributed by atoms with Gasteiger partial charge in [-0.05, 0) is 45.0 Å². The van der Waals surface area contributed by atoms with Crippen LogP contribution < -0.4 is 4.90 Å². The first-order valence-electron chi connectivity index (χ1n) is 6.92. The van der Waals surface area contributed by atoms with Crippen LogP contribution in [0.15, 0.2) is 28.7 Å². The smallest absolute Gasteiger partial charge is 0.338 e. The van der Waals surface area contributed by atoms with E-state index < -0.39 is 0 Å². The molecule has 1 aromatic heterocycles. The van der Waals surface area contributed by atoms with Gasteiger partial charge in [0.25, 0.3) is 0 Å². The van der Waals surface area contributed by atoms with E-state index in [2.05, 4.69) is 16.8 Å². The summed E-state index contributed by atoms with van der Waals surface area (Å²) in [5, 5.41) is 0. The highest BCUT2D eigenvalue weighted by molar-refractivity contribution is 5.89. The molecule has 0 N–H and O–H groups in total. The highest BCUT2D eigenvalue weighted by atomic mass is 16.5. The minimum absolute atomic E-state index is 0.0458. The van der Waals surface area contributed by atoms with Crippen molar-refractivity contribution in [3.63, 3.8) is 0 Å². The predicted octanol–water partition coefficient (Wildman–Crippen LogP) is 3.10. The highest BCUT2D eigenvalue weighted by Crippen LogP contribution is 2.15. The molecule has 2 aromatic rings. The number of carbonyl (C=O) groups excluding carboxylic acids is 1. The molecule has 0 bridgehead atoms. The van der Waals surface area contributed by atoms with Gasteiger partial charge in [-0.15, -0.1) is 0 Å². The van der Waals surface area contributed by atoms with Crippen molar-refractivity contribution in [1.82, 2.24) is 4.98 Å². The van der Waals surface area contributed by atoms with Crippen LogP contribution in [0.1, 0.15) is 34.6 Å². The number of benzene rings is 1. The van der Waals surface area contributed by atoms with Crippen molar-refractivity contribution >= 4 is 11.7 Å². The Hall–Kier alpha value is -2.30. The van der Waals surface area contributed by atoms with Gasteiger partial charge in [-0.1, -0.05) is 0 Å². The summed E-state index contributed by atoms with van der Waals surface area (Å²) in [6.07, 6.45) is 0. The molecule has 0 amide bonds. The third-order valence-electron chi connectivity index (χ3n) is 3.42. The van der Waals surface area contributed by atoms with Gasteiger partial charge in [-0.25, -0.2) is 9.78 Å². The lowest BCUT2D eigenvalue weighted by Gasteiger charge is -2.16. The molecular formula is C16H20N2O3. The van der Waals surface area contributed by atoms with Gasteiger partial charge in [0.1, 0.15) is 5.76 Å². The second-order valence-electron chi connectivity index (χ2n) is 4.89. The van der Waals surface area contributed by atoms with Gasteiger partial charge in [-0.2, -0.15) is 0 Å². The number of hydrogen-bond donors (Lipinski definition) is 0. The number of nitrogens with zero attached hydrogens (tertiary/aromatic N) is 2. The van der Waals surface area contributed by atoms with Crippen molar-refractivity contribution in [1.29, 1.82) is 0 Å². The molecule has 1 heterocycles. The molecule has 0 atom stereocenters. The molecule has 0 aliphatic heterocycles. The van der Waals surface area contributed by atoms with Crippen molar-refractivity contribution in [2.45, 2.75) is 27.4 Å². The molecule has 0 saturated carbocycles. The number of carbonyl (C=O) groups is 1. The molecule has 0 fully saturated rings. The zero-order valence-electron chi connectivity index (χ0n) is 12.8. The normalized spacial score (nSPS) is 10.5. The van der Waals surface area contributed by atoms with Crippen molar-refractivity contribution < 1.29 is 13.9 Å².